The normalized spacial score (nSPS) is 10.3. The lowest BCUT2D eigenvalue weighted by molar-refractivity contribution is -0.136. The number of benzene rings is 1. The van der Waals surface area contributed by atoms with Crippen molar-refractivity contribution in [1.29, 1.82) is 0 Å². The third-order valence-electron chi connectivity index (χ3n) is 2.31. The molecule has 2 rings (SSSR count). The van der Waals surface area contributed by atoms with Crippen LogP contribution in [-0.4, -0.2) is 28.3 Å². The first-order chi connectivity index (χ1) is 8.60. The van der Waals surface area contributed by atoms with E-state index in [0.29, 0.717) is 16.5 Å². The average molecular weight is 265 g/mol. The van der Waals surface area contributed by atoms with E-state index < -0.39 is 5.97 Å². The molecule has 0 radical (unpaired) electrons. The Morgan fingerprint density at radius 3 is 2.89 bits per heavy atom. The molecule has 0 aliphatic heterocycles. The molecule has 0 unspecified atom stereocenters. The Hall–Kier alpha value is -2.08. The minimum absolute atomic E-state index is 0.0324. The number of aliphatic carboxylic acids is 1. The Morgan fingerprint density at radius 2 is 2.28 bits per heavy atom. The van der Waals surface area contributed by atoms with E-state index in [-0.39, 0.29) is 12.2 Å². The molecule has 0 saturated carbocycles. The highest BCUT2D eigenvalue weighted by molar-refractivity contribution is 7.13. The number of rotatable bonds is 4. The van der Waals surface area contributed by atoms with Crippen LogP contribution >= 0.6 is 11.3 Å². The molecule has 0 atom stereocenters. The van der Waals surface area contributed by atoms with E-state index in [1.54, 1.807) is 23.6 Å². The molecular formula is C12H11NO4S. The first-order valence-electron chi connectivity index (χ1n) is 5.13. The van der Waals surface area contributed by atoms with Gasteiger partial charge in [0.15, 0.2) is 11.5 Å². The highest BCUT2D eigenvalue weighted by atomic mass is 32.1. The third-order valence-corrected chi connectivity index (χ3v) is 3.25. The zero-order valence-electron chi connectivity index (χ0n) is 9.58. The molecular weight excluding hydrogens is 254 g/mol. The van der Waals surface area contributed by atoms with Gasteiger partial charge in [-0.05, 0) is 18.2 Å². The number of aromatic nitrogens is 1. The molecule has 2 N–H and O–H groups in total. The van der Waals surface area contributed by atoms with Gasteiger partial charge in [-0.2, -0.15) is 0 Å². The summed E-state index contributed by atoms with van der Waals surface area (Å²) in [5.74, 6) is -0.490. The number of methoxy groups -OCH3 is 1. The number of phenolic OH excluding ortho intramolecular Hbond substituents is 1. The second-order valence-corrected chi connectivity index (χ2v) is 4.46. The van der Waals surface area contributed by atoms with Crippen molar-refractivity contribution >= 4 is 17.3 Å². The fourth-order valence-electron chi connectivity index (χ4n) is 1.50. The van der Waals surface area contributed by atoms with Crippen molar-refractivity contribution in [2.45, 2.75) is 6.42 Å². The van der Waals surface area contributed by atoms with Crippen molar-refractivity contribution in [3.63, 3.8) is 0 Å². The van der Waals surface area contributed by atoms with Crippen LogP contribution in [0.15, 0.2) is 23.6 Å². The number of carbonyl (C=O) groups is 1. The molecule has 0 saturated heterocycles. The van der Waals surface area contributed by atoms with Gasteiger partial charge in [-0.15, -0.1) is 11.3 Å². The highest BCUT2D eigenvalue weighted by Crippen LogP contribution is 2.32. The van der Waals surface area contributed by atoms with Crippen LogP contribution < -0.4 is 4.74 Å². The Kier molecular flexibility index (Phi) is 3.47. The van der Waals surface area contributed by atoms with Crippen molar-refractivity contribution in [1.82, 2.24) is 4.98 Å². The lowest BCUT2D eigenvalue weighted by atomic mass is 10.2. The second-order valence-electron chi connectivity index (χ2n) is 3.60. The molecule has 0 amide bonds. The van der Waals surface area contributed by atoms with E-state index in [4.69, 9.17) is 9.84 Å². The quantitative estimate of drug-likeness (QED) is 0.885. The van der Waals surface area contributed by atoms with Crippen LogP contribution in [0.5, 0.6) is 11.5 Å². The molecule has 0 fully saturated rings. The molecule has 94 valence electrons. The van der Waals surface area contributed by atoms with Crippen LogP contribution in [0.3, 0.4) is 0 Å². The third kappa shape index (κ3) is 2.60. The second kappa shape index (κ2) is 5.05. The number of thiazole rings is 1. The molecule has 6 heteroatoms. The summed E-state index contributed by atoms with van der Waals surface area (Å²) in [4.78, 5) is 14.8. The molecule has 0 aliphatic carbocycles. The number of hydrogen-bond acceptors (Lipinski definition) is 5. The predicted molar refractivity (Wildman–Crippen MR) is 67.1 cm³/mol. The molecule has 1 aromatic carbocycles. The van der Waals surface area contributed by atoms with Crippen molar-refractivity contribution in [3.05, 3.63) is 29.3 Å². The summed E-state index contributed by atoms with van der Waals surface area (Å²) in [5.41, 5.74) is 1.24. The summed E-state index contributed by atoms with van der Waals surface area (Å²) in [6.07, 6.45) is -0.0986. The first kappa shape index (κ1) is 12.4. The number of aromatic hydroxyl groups is 1. The maximum absolute atomic E-state index is 10.6. The molecule has 1 aromatic heterocycles. The summed E-state index contributed by atoms with van der Waals surface area (Å²) < 4.78 is 4.95. The summed E-state index contributed by atoms with van der Waals surface area (Å²) in [7, 11) is 1.48. The van der Waals surface area contributed by atoms with Gasteiger partial charge in [0.2, 0.25) is 0 Å². The highest BCUT2D eigenvalue weighted by Gasteiger charge is 2.10. The molecule has 18 heavy (non-hydrogen) atoms. The van der Waals surface area contributed by atoms with Gasteiger partial charge in [0, 0.05) is 10.9 Å². The minimum Gasteiger partial charge on any atom is -0.504 e. The van der Waals surface area contributed by atoms with Crippen LogP contribution in [0.25, 0.3) is 10.6 Å². The summed E-state index contributed by atoms with van der Waals surface area (Å²) in [6, 6.07) is 4.95. The zero-order chi connectivity index (χ0) is 13.1. The van der Waals surface area contributed by atoms with E-state index in [0.717, 1.165) is 5.56 Å². The Bertz CT molecular complexity index is 579. The van der Waals surface area contributed by atoms with Crippen LogP contribution in [0.4, 0.5) is 0 Å². The van der Waals surface area contributed by atoms with Crippen molar-refractivity contribution < 1.29 is 19.7 Å². The van der Waals surface area contributed by atoms with Gasteiger partial charge in [-0.3, -0.25) is 4.79 Å². The monoisotopic (exact) mass is 265 g/mol. The molecule has 0 bridgehead atoms. The lowest BCUT2D eigenvalue weighted by Gasteiger charge is -2.04. The van der Waals surface area contributed by atoms with E-state index in [2.05, 4.69) is 4.98 Å². The van der Waals surface area contributed by atoms with Crippen molar-refractivity contribution in [2.75, 3.05) is 7.11 Å². The Balaban J connectivity index is 2.28. The zero-order valence-corrected chi connectivity index (χ0v) is 10.4. The van der Waals surface area contributed by atoms with Gasteiger partial charge >= 0.3 is 5.97 Å². The van der Waals surface area contributed by atoms with E-state index >= 15 is 0 Å². The average Bonchev–Trinajstić information content (AvgIpc) is 2.76. The number of hydrogen-bond donors (Lipinski definition) is 2. The molecule has 0 aliphatic rings. The van der Waals surface area contributed by atoms with E-state index in [1.807, 2.05) is 0 Å². The summed E-state index contributed by atoms with van der Waals surface area (Å²) in [6.45, 7) is 0. The van der Waals surface area contributed by atoms with Crippen LogP contribution in [-0.2, 0) is 11.2 Å². The van der Waals surface area contributed by atoms with Crippen molar-refractivity contribution in [2.24, 2.45) is 0 Å². The predicted octanol–water partition coefficient (Wildman–Crippen LogP) is 2.15. The van der Waals surface area contributed by atoms with E-state index in [1.165, 1.54) is 18.4 Å². The van der Waals surface area contributed by atoms with E-state index in [9.17, 15) is 9.90 Å². The lowest BCUT2D eigenvalue weighted by Crippen LogP contribution is -1.99. The first-order valence-corrected chi connectivity index (χ1v) is 6.01. The Morgan fingerprint density at radius 1 is 1.50 bits per heavy atom. The fourth-order valence-corrected chi connectivity index (χ4v) is 2.32. The maximum Gasteiger partial charge on any atom is 0.309 e. The molecule has 0 spiro atoms. The maximum atomic E-state index is 10.6. The Labute approximate surface area is 107 Å². The van der Waals surface area contributed by atoms with Gasteiger partial charge < -0.3 is 14.9 Å². The molecule has 1 heterocycles. The minimum atomic E-state index is -0.913. The van der Waals surface area contributed by atoms with Gasteiger partial charge in [0.1, 0.15) is 5.01 Å². The van der Waals surface area contributed by atoms with Gasteiger partial charge in [-0.1, -0.05) is 0 Å². The topological polar surface area (TPSA) is 79.7 Å². The number of carboxylic acid groups (broad SMARTS) is 1. The number of nitrogens with zero attached hydrogens (tertiary/aromatic N) is 1. The SMILES string of the molecule is COc1ccc(-c2nc(CC(=O)O)cs2)cc1O. The van der Waals surface area contributed by atoms with Crippen molar-refractivity contribution in [3.8, 4) is 22.1 Å². The van der Waals surface area contributed by atoms with Crippen LogP contribution in [0.1, 0.15) is 5.69 Å². The largest absolute Gasteiger partial charge is 0.504 e. The van der Waals surface area contributed by atoms with Gasteiger partial charge in [0.05, 0.1) is 19.2 Å². The molecule has 2 aromatic rings. The number of ether oxygens (including phenoxy) is 1. The number of phenols is 1. The smallest absolute Gasteiger partial charge is 0.309 e. The van der Waals surface area contributed by atoms with Crippen LogP contribution in [0, 0.1) is 0 Å². The summed E-state index contributed by atoms with van der Waals surface area (Å²) >= 11 is 1.34. The van der Waals surface area contributed by atoms with Gasteiger partial charge in [0.25, 0.3) is 0 Å². The van der Waals surface area contributed by atoms with Crippen LogP contribution in [0.2, 0.25) is 0 Å². The number of carboxylic acids is 1. The van der Waals surface area contributed by atoms with Gasteiger partial charge in [-0.25, -0.2) is 4.98 Å². The summed E-state index contributed by atoms with van der Waals surface area (Å²) in [5, 5.41) is 20.7. The fraction of sp³-hybridized carbons (Fsp3) is 0.167. The standard InChI is InChI=1S/C12H11NO4S/c1-17-10-3-2-7(4-9(10)14)12-13-8(6-18-12)5-11(15)16/h2-4,6,14H,5H2,1H3,(H,15,16). The molecule has 5 nitrogen and oxygen atoms in total.